The number of anilines is 1. The van der Waals surface area contributed by atoms with E-state index in [1.165, 1.54) is 33.3 Å². The molecule has 0 fully saturated rings. The third-order valence-electron chi connectivity index (χ3n) is 3.11. The molecule has 6 nitrogen and oxygen atoms in total. The van der Waals surface area contributed by atoms with Crippen LogP contribution in [-0.4, -0.2) is 20.3 Å². The van der Waals surface area contributed by atoms with Crippen molar-refractivity contribution in [2.75, 3.05) is 5.32 Å². The maximum Gasteiger partial charge on any atom is 0.271 e. The zero-order valence-corrected chi connectivity index (χ0v) is 13.3. The molecule has 0 radical (unpaired) electrons. The zero-order chi connectivity index (χ0) is 15.1. The molecule has 8 heteroatoms. The molecule has 3 aromatic rings. The van der Waals surface area contributed by atoms with Crippen molar-refractivity contribution in [3.63, 3.8) is 0 Å². The summed E-state index contributed by atoms with van der Waals surface area (Å²) in [6.07, 6.45) is 1.32. The van der Waals surface area contributed by atoms with Gasteiger partial charge >= 0.3 is 0 Å². The summed E-state index contributed by atoms with van der Waals surface area (Å²) < 4.78 is 1.44. The molecule has 3 rings (SSSR count). The first kappa shape index (κ1) is 13.9. The summed E-state index contributed by atoms with van der Waals surface area (Å²) in [5, 5.41) is 4.98. The van der Waals surface area contributed by atoms with E-state index in [1.807, 2.05) is 26.2 Å². The summed E-state index contributed by atoms with van der Waals surface area (Å²) in [6.45, 7) is 5.61. The lowest BCUT2D eigenvalue weighted by atomic mass is 10.3. The van der Waals surface area contributed by atoms with Gasteiger partial charge in [-0.1, -0.05) is 0 Å². The van der Waals surface area contributed by atoms with E-state index in [2.05, 4.69) is 15.3 Å². The smallest absolute Gasteiger partial charge is 0.271 e. The molecule has 21 heavy (non-hydrogen) atoms. The van der Waals surface area contributed by atoms with Crippen LogP contribution < -0.4 is 10.9 Å². The molecule has 0 aliphatic rings. The number of carbonyl (C=O) groups is 1. The first-order valence-corrected chi connectivity index (χ1v) is 7.88. The lowest BCUT2D eigenvalue weighted by molar-refractivity contribution is 0.102. The molecule has 3 heterocycles. The van der Waals surface area contributed by atoms with Gasteiger partial charge in [-0.05, 0) is 20.8 Å². The fourth-order valence-corrected chi connectivity index (χ4v) is 3.51. The van der Waals surface area contributed by atoms with E-state index >= 15 is 0 Å². The van der Waals surface area contributed by atoms with Gasteiger partial charge in [0.1, 0.15) is 5.56 Å². The summed E-state index contributed by atoms with van der Waals surface area (Å²) in [6, 6.07) is 0. The highest BCUT2D eigenvalue weighted by atomic mass is 32.1. The average Bonchev–Trinajstić information content (AvgIpc) is 2.94. The molecular weight excluding hydrogens is 308 g/mol. The van der Waals surface area contributed by atoms with Gasteiger partial charge < -0.3 is 0 Å². The normalized spacial score (nSPS) is 11.0. The van der Waals surface area contributed by atoms with E-state index in [1.54, 1.807) is 0 Å². The van der Waals surface area contributed by atoms with Crippen molar-refractivity contribution >= 4 is 38.7 Å². The van der Waals surface area contributed by atoms with Crippen molar-refractivity contribution in [2.24, 2.45) is 0 Å². The van der Waals surface area contributed by atoms with Gasteiger partial charge in [0.15, 0.2) is 10.1 Å². The Morgan fingerprint density at radius 1 is 1.33 bits per heavy atom. The number of aromatic nitrogens is 3. The number of rotatable bonds is 2. The van der Waals surface area contributed by atoms with Crippen LogP contribution in [0.15, 0.2) is 16.4 Å². The highest BCUT2D eigenvalue weighted by molar-refractivity contribution is 7.16. The van der Waals surface area contributed by atoms with E-state index < -0.39 is 5.91 Å². The molecule has 0 saturated carbocycles. The molecule has 0 aliphatic heterocycles. The minimum absolute atomic E-state index is 0.0134. The summed E-state index contributed by atoms with van der Waals surface area (Å²) in [4.78, 5) is 34.6. The Morgan fingerprint density at radius 3 is 2.76 bits per heavy atom. The number of hydrogen-bond donors (Lipinski definition) is 1. The molecule has 0 bridgehead atoms. The lowest BCUT2D eigenvalue weighted by Crippen LogP contribution is -2.26. The van der Waals surface area contributed by atoms with Gasteiger partial charge in [-0.15, -0.1) is 22.7 Å². The highest BCUT2D eigenvalue weighted by Gasteiger charge is 2.16. The molecular formula is C13H12N4O2S2. The monoisotopic (exact) mass is 320 g/mol. The minimum Gasteiger partial charge on any atom is -0.298 e. The van der Waals surface area contributed by atoms with Crippen molar-refractivity contribution in [3.05, 3.63) is 43.8 Å². The second-order valence-corrected chi connectivity index (χ2v) is 6.63. The number of thiazole rings is 2. The summed E-state index contributed by atoms with van der Waals surface area (Å²) >= 11 is 2.75. The third-order valence-corrected chi connectivity index (χ3v) is 5.06. The largest absolute Gasteiger partial charge is 0.298 e. The second kappa shape index (κ2) is 5.05. The maximum atomic E-state index is 12.4. The Kier molecular flexibility index (Phi) is 3.34. The highest BCUT2D eigenvalue weighted by Crippen LogP contribution is 2.21. The SMILES string of the molecule is Cc1nc(NC(=O)c2cnc3scc(C)n3c2=O)sc1C. The molecule has 0 spiro atoms. The number of amides is 1. The predicted octanol–water partition coefficient (Wildman–Crippen LogP) is 2.39. The Bertz CT molecular complexity index is 887. The first-order chi connectivity index (χ1) is 9.97. The number of carbonyl (C=O) groups excluding carboxylic acids is 1. The quantitative estimate of drug-likeness (QED) is 0.786. The first-order valence-electron chi connectivity index (χ1n) is 6.18. The van der Waals surface area contributed by atoms with Crippen LogP contribution in [0.5, 0.6) is 0 Å². The van der Waals surface area contributed by atoms with E-state index in [9.17, 15) is 9.59 Å². The van der Waals surface area contributed by atoms with Gasteiger partial charge in [-0.2, -0.15) is 0 Å². The predicted molar refractivity (Wildman–Crippen MR) is 83.6 cm³/mol. The van der Waals surface area contributed by atoms with Crippen molar-refractivity contribution in [1.82, 2.24) is 14.4 Å². The van der Waals surface area contributed by atoms with Gasteiger partial charge in [-0.25, -0.2) is 9.97 Å². The fourth-order valence-electron chi connectivity index (χ4n) is 1.87. The maximum absolute atomic E-state index is 12.4. The van der Waals surface area contributed by atoms with Crippen LogP contribution in [0.25, 0.3) is 4.96 Å². The summed E-state index contributed by atoms with van der Waals surface area (Å²) in [5.74, 6) is -0.485. The summed E-state index contributed by atoms with van der Waals surface area (Å²) in [7, 11) is 0. The molecule has 0 saturated heterocycles. The van der Waals surface area contributed by atoms with Gasteiger partial charge in [0, 0.05) is 22.1 Å². The number of hydrogen-bond acceptors (Lipinski definition) is 6. The Hall–Kier alpha value is -2.06. The number of nitrogens with one attached hydrogen (secondary N) is 1. The van der Waals surface area contributed by atoms with Crippen LogP contribution in [0.3, 0.4) is 0 Å². The third kappa shape index (κ3) is 2.36. The minimum atomic E-state index is -0.485. The van der Waals surface area contributed by atoms with Gasteiger partial charge in [0.2, 0.25) is 0 Å². The zero-order valence-electron chi connectivity index (χ0n) is 11.6. The number of fused-ring (bicyclic) bond motifs is 1. The van der Waals surface area contributed by atoms with Crippen LogP contribution >= 0.6 is 22.7 Å². The van der Waals surface area contributed by atoms with Crippen molar-refractivity contribution < 1.29 is 4.79 Å². The number of nitrogens with zero attached hydrogens (tertiary/aromatic N) is 3. The molecule has 0 aliphatic carbocycles. The van der Waals surface area contributed by atoms with Crippen LogP contribution in [0.2, 0.25) is 0 Å². The van der Waals surface area contributed by atoms with Gasteiger partial charge in [0.25, 0.3) is 11.5 Å². The van der Waals surface area contributed by atoms with E-state index in [0.29, 0.717) is 10.1 Å². The van der Waals surface area contributed by atoms with Crippen LogP contribution in [0.1, 0.15) is 26.6 Å². The summed E-state index contributed by atoms with van der Waals surface area (Å²) in [5.41, 5.74) is 1.29. The fraction of sp³-hybridized carbons (Fsp3) is 0.231. The molecule has 3 aromatic heterocycles. The van der Waals surface area contributed by atoms with Gasteiger partial charge in [-0.3, -0.25) is 19.3 Å². The van der Waals surface area contributed by atoms with Gasteiger partial charge in [0.05, 0.1) is 5.69 Å². The van der Waals surface area contributed by atoms with Crippen LogP contribution in [0, 0.1) is 20.8 Å². The molecule has 108 valence electrons. The number of aryl methyl sites for hydroxylation is 3. The second-order valence-electron chi connectivity index (χ2n) is 4.59. The molecule has 0 unspecified atom stereocenters. The topological polar surface area (TPSA) is 76.4 Å². The van der Waals surface area contributed by atoms with E-state index in [-0.39, 0.29) is 11.1 Å². The standard InChI is InChI=1S/C13H12N4O2S2/c1-6-5-20-13-14-4-9(11(19)17(6)13)10(18)16-12-15-7(2)8(3)21-12/h4-5H,1-3H3,(H,15,16,18). The van der Waals surface area contributed by atoms with E-state index in [4.69, 9.17) is 0 Å². The van der Waals surface area contributed by atoms with Crippen LogP contribution in [-0.2, 0) is 0 Å². The molecule has 0 aromatic carbocycles. The molecule has 0 atom stereocenters. The van der Waals surface area contributed by atoms with Crippen LogP contribution in [0.4, 0.5) is 5.13 Å². The van der Waals surface area contributed by atoms with Crippen molar-refractivity contribution in [2.45, 2.75) is 20.8 Å². The van der Waals surface area contributed by atoms with Crippen molar-refractivity contribution in [3.8, 4) is 0 Å². The Morgan fingerprint density at radius 2 is 2.10 bits per heavy atom. The van der Waals surface area contributed by atoms with Crippen molar-refractivity contribution in [1.29, 1.82) is 0 Å². The average molecular weight is 320 g/mol. The Labute approximate surface area is 128 Å². The molecule has 1 N–H and O–H groups in total. The van der Waals surface area contributed by atoms with E-state index in [0.717, 1.165) is 16.3 Å². The lowest BCUT2D eigenvalue weighted by Gasteiger charge is -2.02. The molecule has 1 amide bonds. The Balaban J connectivity index is 2.00.